The number of hydrogen-bond donors (Lipinski definition) is 0. The van der Waals surface area contributed by atoms with E-state index < -0.39 is 0 Å². The number of benzene rings is 1. The van der Waals surface area contributed by atoms with E-state index in [0.717, 1.165) is 0 Å². The molecule has 1 aromatic carbocycles. The maximum Gasteiger partial charge on any atom is 0.191 e. The van der Waals surface area contributed by atoms with Crippen LogP contribution in [0.5, 0.6) is 0 Å². The Balaban J connectivity index is 2.05. The van der Waals surface area contributed by atoms with Crippen LogP contribution < -0.4 is 0 Å². The van der Waals surface area contributed by atoms with Crippen LogP contribution in [0.25, 0.3) is 0 Å². The lowest BCUT2D eigenvalue weighted by atomic mass is 9.85. The maximum atomic E-state index is 12.5. The van der Waals surface area contributed by atoms with Gasteiger partial charge in [-0.15, -0.1) is 0 Å². The summed E-state index contributed by atoms with van der Waals surface area (Å²) in [6.07, 6.45) is 0. The van der Waals surface area contributed by atoms with Crippen molar-refractivity contribution < 1.29 is 9.59 Å². The molecule has 0 N–H and O–H groups in total. The number of ketones is 2. The van der Waals surface area contributed by atoms with Gasteiger partial charge in [-0.1, -0.05) is 24.3 Å². The lowest BCUT2D eigenvalue weighted by molar-refractivity contribution is 0.0977. The van der Waals surface area contributed by atoms with Crippen LogP contribution in [0.3, 0.4) is 0 Å². The molecule has 0 unspecified atom stereocenters. The molecule has 1 aromatic rings. The molecular formula is C16H17NO2. The molecule has 19 heavy (non-hydrogen) atoms. The Morgan fingerprint density at radius 1 is 0.895 bits per heavy atom. The second-order valence-electron chi connectivity index (χ2n) is 6.19. The zero-order valence-corrected chi connectivity index (χ0v) is 11.5. The van der Waals surface area contributed by atoms with Crippen LogP contribution in [0.4, 0.5) is 0 Å². The second-order valence-corrected chi connectivity index (χ2v) is 6.19. The summed E-state index contributed by atoms with van der Waals surface area (Å²) in [6, 6.07) is 7.12. The zero-order chi connectivity index (χ0) is 13.8. The van der Waals surface area contributed by atoms with E-state index >= 15 is 0 Å². The third-order valence-corrected chi connectivity index (χ3v) is 3.98. The van der Waals surface area contributed by atoms with Gasteiger partial charge in [0.25, 0.3) is 0 Å². The topological polar surface area (TPSA) is 37.4 Å². The van der Waals surface area contributed by atoms with Gasteiger partial charge in [0, 0.05) is 40.9 Å². The van der Waals surface area contributed by atoms with E-state index in [4.69, 9.17) is 0 Å². The molecule has 3 rings (SSSR count). The van der Waals surface area contributed by atoms with E-state index in [9.17, 15) is 9.59 Å². The molecule has 0 atom stereocenters. The van der Waals surface area contributed by atoms with Gasteiger partial charge in [0.05, 0.1) is 0 Å². The van der Waals surface area contributed by atoms with Gasteiger partial charge in [-0.2, -0.15) is 0 Å². The van der Waals surface area contributed by atoms with Crippen LogP contribution in [-0.2, 0) is 0 Å². The standard InChI is InChI=1S/C16H17NO2/c1-16(2,3)17-8-12-13(9-17)15(19)11-7-5-4-6-10(11)14(12)18/h4-7H,8-9H2,1-3H3. The van der Waals surface area contributed by atoms with Crippen molar-refractivity contribution >= 4 is 11.6 Å². The lowest BCUT2D eigenvalue weighted by Crippen LogP contribution is -2.40. The Morgan fingerprint density at radius 3 is 1.68 bits per heavy atom. The normalized spacial score (nSPS) is 19.7. The van der Waals surface area contributed by atoms with E-state index in [2.05, 4.69) is 25.7 Å². The zero-order valence-electron chi connectivity index (χ0n) is 11.5. The van der Waals surface area contributed by atoms with E-state index in [-0.39, 0.29) is 17.1 Å². The Bertz CT molecular complexity index is 573. The van der Waals surface area contributed by atoms with Crippen molar-refractivity contribution in [2.45, 2.75) is 26.3 Å². The van der Waals surface area contributed by atoms with Crippen LogP contribution in [-0.4, -0.2) is 35.1 Å². The molecule has 0 amide bonds. The van der Waals surface area contributed by atoms with Crippen molar-refractivity contribution in [3.05, 3.63) is 46.5 Å². The van der Waals surface area contributed by atoms with Gasteiger partial charge in [-0.25, -0.2) is 0 Å². The molecule has 2 aliphatic rings. The first-order chi connectivity index (χ1) is 8.89. The van der Waals surface area contributed by atoms with Crippen LogP contribution >= 0.6 is 0 Å². The Labute approximate surface area is 112 Å². The fraction of sp³-hybridized carbons (Fsp3) is 0.375. The van der Waals surface area contributed by atoms with Gasteiger partial charge in [-0.3, -0.25) is 14.5 Å². The minimum Gasteiger partial charge on any atom is -0.290 e. The lowest BCUT2D eigenvalue weighted by Gasteiger charge is -2.31. The van der Waals surface area contributed by atoms with Crippen molar-refractivity contribution in [2.24, 2.45) is 0 Å². The predicted octanol–water partition coefficient (Wildman–Crippen LogP) is 2.48. The second kappa shape index (κ2) is 3.87. The predicted molar refractivity (Wildman–Crippen MR) is 73.5 cm³/mol. The summed E-state index contributed by atoms with van der Waals surface area (Å²) in [5.74, 6) is 0.0499. The van der Waals surface area contributed by atoms with E-state index in [1.54, 1.807) is 12.1 Å². The van der Waals surface area contributed by atoms with Gasteiger partial charge in [0.2, 0.25) is 0 Å². The quantitative estimate of drug-likeness (QED) is 0.714. The molecule has 0 bridgehead atoms. The summed E-state index contributed by atoms with van der Waals surface area (Å²) < 4.78 is 0. The number of Topliss-reactive ketones (excluding diaryl/α,β-unsaturated/α-hetero) is 2. The molecular weight excluding hydrogens is 238 g/mol. The largest absolute Gasteiger partial charge is 0.290 e. The molecule has 0 aromatic heterocycles. The molecule has 0 saturated carbocycles. The first kappa shape index (κ1) is 12.3. The molecule has 3 heteroatoms. The number of carbonyl (C=O) groups excluding carboxylic acids is 2. The Kier molecular flexibility index (Phi) is 2.51. The van der Waals surface area contributed by atoms with Gasteiger partial charge < -0.3 is 0 Å². The highest BCUT2D eigenvalue weighted by molar-refractivity contribution is 6.27. The summed E-state index contributed by atoms with van der Waals surface area (Å²) in [4.78, 5) is 27.1. The SMILES string of the molecule is CC(C)(C)N1CC2=C(C1)C(=O)c1ccccc1C2=O. The average molecular weight is 255 g/mol. The number of carbonyl (C=O) groups is 2. The van der Waals surface area contributed by atoms with Gasteiger partial charge >= 0.3 is 0 Å². The summed E-state index contributed by atoms with van der Waals surface area (Å²) >= 11 is 0. The van der Waals surface area contributed by atoms with Crippen LogP contribution in [0, 0.1) is 0 Å². The molecule has 0 radical (unpaired) electrons. The summed E-state index contributed by atoms with van der Waals surface area (Å²) in [7, 11) is 0. The highest BCUT2D eigenvalue weighted by Gasteiger charge is 2.40. The van der Waals surface area contributed by atoms with Crippen LogP contribution in [0.1, 0.15) is 41.5 Å². The molecule has 3 nitrogen and oxygen atoms in total. The Morgan fingerprint density at radius 2 is 1.32 bits per heavy atom. The summed E-state index contributed by atoms with van der Waals surface area (Å²) in [6.45, 7) is 7.48. The highest BCUT2D eigenvalue weighted by atomic mass is 16.1. The monoisotopic (exact) mass is 255 g/mol. The van der Waals surface area contributed by atoms with Crippen molar-refractivity contribution in [2.75, 3.05) is 13.1 Å². The van der Waals surface area contributed by atoms with Gasteiger partial charge in [0.1, 0.15) is 0 Å². The summed E-state index contributed by atoms with van der Waals surface area (Å²) in [5, 5.41) is 0. The van der Waals surface area contributed by atoms with Crippen molar-refractivity contribution in [1.29, 1.82) is 0 Å². The third-order valence-electron chi connectivity index (χ3n) is 3.98. The molecule has 98 valence electrons. The molecule has 1 aliphatic heterocycles. The fourth-order valence-electron chi connectivity index (χ4n) is 2.72. The average Bonchev–Trinajstić information content (AvgIpc) is 2.81. The Hall–Kier alpha value is -1.74. The van der Waals surface area contributed by atoms with Crippen LogP contribution in [0.2, 0.25) is 0 Å². The van der Waals surface area contributed by atoms with Gasteiger partial charge in [-0.05, 0) is 20.8 Å². The van der Waals surface area contributed by atoms with Crippen LogP contribution in [0.15, 0.2) is 35.4 Å². The fourth-order valence-corrected chi connectivity index (χ4v) is 2.72. The summed E-state index contributed by atoms with van der Waals surface area (Å²) in [5.41, 5.74) is 2.46. The van der Waals surface area contributed by atoms with Crippen molar-refractivity contribution in [1.82, 2.24) is 4.90 Å². The first-order valence-corrected chi connectivity index (χ1v) is 6.55. The van der Waals surface area contributed by atoms with E-state index in [1.807, 2.05) is 12.1 Å². The van der Waals surface area contributed by atoms with Gasteiger partial charge in [0.15, 0.2) is 11.6 Å². The number of hydrogen-bond acceptors (Lipinski definition) is 3. The minimum atomic E-state index is -0.0376. The molecule has 1 heterocycles. The third kappa shape index (κ3) is 1.77. The van der Waals surface area contributed by atoms with E-state index in [1.165, 1.54) is 0 Å². The van der Waals surface area contributed by atoms with Crippen molar-refractivity contribution in [3.8, 4) is 0 Å². The van der Waals surface area contributed by atoms with E-state index in [0.29, 0.717) is 35.4 Å². The molecule has 0 spiro atoms. The molecule has 1 aliphatic carbocycles. The molecule has 0 saturated heterocycles. The number of fused-ring (bicyclic) bond motifs is 1. The first-order valence-electron chi connectivity index (χ1n) is 6.55. The minimum absolute atomic E-state index is 0.0250. The number of rotatable bonds is 0. The number of nitrogens with zero attached hydrogens (tertiary/aromatic N) is 1. The molecule has 0 fully saturated rings. The maximum absolute atomic E-state index is 12.5. The van der Waals surface area contributed by atoms with Crippen molar-refractivity contribution in [3.63, 3.8) is 0 Å². The smallest absolute Gasteiger partial charge is 0.191 e. The highest BCUT2D eigenvalue weighted by Crippen LogP contribution is 2.33.